The predicted octanol–water partition coefficient (Wildman–Crippen LogP) is 0.653. The van der Waals surface area contributed by atoms with Gasteiger partial charge in [-0.3, -0.25) is 4.90 Å². The predicted molar refractivity (Wildman–Crippen MR) is 80.7 cm³/mol. The minimum Gasteiger partial charge on any atom is -0.372 e. The van der Waals surface area contributed by atoms with Crippen molar-refractivity contribution >= 4 is 9.84 Å². The van der Waals surface area contributed by atoms with Crippen LogP contribution in [0, 0.1) is 0 Å². The molecule has 2 fully saturated rings. The van der Waals surface area contributed by atoms with E-state index in [-0.39, 0.29) is 6.10 Å². The topological polar surface area (TPSA) is 58.6 Å². The van der Waals surface area contributed by atoms with Crippen LogP contribution in [0.1, 0.15) is 33.1 Å². The molecular formula is C14H28N2O3S. The minimum absolute atomic E-state index is 0.273. The average Bonchev–Trinajstić information content (AvgIpc) is 2.73. The normalized spacial score (nSPS) is 31.6. The van der Waals surface area contributed by atoms with Crippen LogP contribution in [0.5, 0.6) is 0 Å². The Kier molecular flexibility index (Phi) is 5.84. The zero-order valence-corrected chi connectivity index (χ0v) is 13.5. The molecule has 2 heterocycles. The largest absolute Gasteiger partial charge is 0.372 e. The highest BCUT2D eigenvalue weighted by Crippen LogP contribution is 2.21. The van der Waals surface area contributed by atoms with Gasteiger partial charge in [0.1, 0.15) is 0 Å². The van der Waals surface area contributed by atoms with Crippen LogP contribution in [0.15, 0.2) is 0 Å². The molecule has 2 aliphatic heterocycles. The summed E-state index contributed by atoms with van der Waals surface area (Å²) in [7, 11) is -2.81. The van der Waals surface area contributed by atoms with Crippen LogP contribution in [0.3, 0.4) is 0 Å². The van der Waals surface area contributed by atoms with Gasteiger partial charge in [-0.15, -0.1) is 0 Å². The van der Waals surface area contributed by atoms with E-state index in [0.29, 0.717) is 30.2 Å². The molecule has 2 aliphatic rings. The first kappa shape index (κ1) is 16.2. The highest BCUT2D eigenvalue weighted by molar-refractivity contribution is 7.91. The Labute approximate surface area is 123 Å². The van der Waals surface area contributed by atoms with Gasteiger partial charge in [-0.1, -0.05) is 13.8 Å². The van der Waals surface area contributed by atoms with Gasteiger partial charge in [-0.25, -0.2) is 8.42 Å². The van der Waals surface area contributed by atoms with Crippen molar-refractivity contribution in [2.45, 2.75) is 51.4 Å². The number of nitrogens with one attached hydrogen (secondary N) is 1. The van der Waals surface area contributed by atoms with Crippen molar-refractivity contribution in [1.29, 1.82) is 0 Å². The fourth-order valence-corrected chi connectivity index (χ4v) is 4.20. The van der Waals surface area contributed by atoms with Crippen LogP contribution in [0.2, 0.25) is 0 Å². The number of hydrogen-bond donors (Lipinski definition) is 1. The second-order valence-electron chi connectivity index (χ2n) is 6.33. The smallest absolute Gasteiger partial charge is 0.151 e. The molecular weight excluding hydrogens is 276 g/mol. The van der Waals surface area contributed by atoms with E-state index in [2.05, 4.69) is 24.1 Å². The lowest BCUT2D eigenvalue weighted by molar-refractivity contribution is 0.0240. The van der Waals surface area contributed by atoms with E-state index < -0.39 is 9.84 Å². The highest BCUT2D eigenvalue weighted by atomic mass is 32.2. The summed E-state index contributed by atoms with van der Waals surface area (Å²) in [5.74, 6) is 0.647. The van der Waals surface area contributed by atoms with Gasteiger partial charge in [-0.05, 0) is 25.8 Å². The molecule has 2 saturated heterocycles. The molecule has 0 saturated carbocycles. The van der Waals surface area contributed by atoms with Crippen molar-refractivity contribution in [3.05, 3.63) is 0 Å². The Morgan fingerprint density at radius 2 is 1.95 bits per heavy atom. The number of sulfone groups is 1. The second kappa shape index (κ2) is 7.20. The van der Waals surface area contributed by atoms with E-state index in [1.807, 2.05) is 0 Å². The number of hydrogen-bond acceptors (Lipinski definition) is 5. The summed E-state index contributed by atoms with van der Waals surface area (Å²) in [6.45, 7) is 7.63. The van der Waals surface area contributed by atoms with Crippen LogP contribution in [-0.4, -0.2) is 69.3 Å². The molecule has 20 heavy (non-hydrogen) atoms. The average molecular weight is 304 g/mol. The molecule has 2 rings (SSSR count). The molecule has 5 nitrogen and oxygen atoms in total. The van der Waals surface area contributed by atoms with Gasteiger partial charge in [0.05, 0.1) is 23.7 Å². The van der Waals surface area contributed by atoms with Crippen LogP contribution in [-0.2, 0) is 14.6 Å². The zero-order chi connectivity index (χ0) is 14.6. The molecule has 0 spiro atoms. The molecule has 1 N–H and O–H groups in total. The van der Waals surface area contributed by atoms with Crippen molar-refractivity contribution < 1.29 is 13.2 Å². The van der Waals surface area contributed by atoms with E-state index in [1.54, 1.807) is 0 Å². The Morgan fingerprint density at radius 3 is 2.70 bits per heavy atom. The first-order valence-corrected chi connectivity index (χ1v) is 9.58. The molecule has 2 atom stereocenters. The van der Waals surface area contributed by atoms with Gasteiger partial charge >= 0.3 is 0 Å². The van der Waals surface area contributed by atoms with Gasteiger partial charge in [0.15, 0.2) is 9.84 Å². The van der Waals surface area contributed by atoms with Crippen molar-refractivity contribution in [3.8, 4) is 0 Å². The van der Waals surface area contributed by atoms with Crippen LogP contribution in [0.25, 0.3) is 0 Å². The van der Waals surface area contributed by atoms with Gasteiger partial charge < -0.3 is 10.1 Å². The molecule has 0 aromatic carbocycles. The Bertz CT molecular complexity index is 397. The first-order chi connectivity index (χ1) is 9.44. The van der Waals surface area contributed by atoms with Crippen LogP contribution < -0.4 is 5.32 Å². The monoisotopic (exact) mass is 304 g/mol. The van der Waals surface area contributed by atoms with E-state index in [0.717, 1.165) is 38.9 Å². The Balaban J connectivity index is 1.72. The highest BCUT2D eigenvalue weighted by Gasteiger charge is 2.28. The molecule has 0 aromatic heterocycles. The fourth-order valence-electron chi connectivity index (χ4n) is 2.89. The van der Waals surface area contributed by atoms with E-state index >= 15 is 0 Å². The standard InChI is InChI=1S/C14H28N2O3S/c1-12(2)15-10-13-4-5-14(19-13)11-16-6-3-8-20(17,18)9-7-16/h12-15H,3-11H2,1-2H3. The lowest BCUT2D eigenvalue weighted by Gasteiger charge is -2.23. The maximum atomic E-state index is 11.6. The fraction of sp³-hybridized carbons (Fsp3) is 1.00. The zero-order valence-electron chi connectivity index (χ0n) is 12.7. The molecule has 6 heteroatoms. The summed E-state index contributed by atoms with van der Waals surface area (Å²) in [5, 5.41) is 3.41. The van der Waals surface area contributed by atoms with Crippen LogP contribution in [0.4, 0.5) is 0 Å². The van der Waals surface area contributed by atoms with Gasteiger partial charge in [-0.2, -0.15) is 0 Å². The summed E-state index contributed by atoms with van der Waals surface area (Å²) in [4.78, 5) is 2.26. The van der Waals surface area contributed by atoms with Crippen molar-refractivity contribution in [3.63, 3.8) is 0 Å². The van der Waals surface area contributed by atoms with Gasteiger partial charge in [0.2, 0.25) is 0 Å². The summed E-state index contributed by atoms with van der Waals surface area (Å²) in [6, 6.07) is 0.494. The lowest BCUT2D eigenvalue weighted by Crippen LogP contribution is -2.36. The third-order valence-electron chi connectivity index (χ3n) is 4.06. The molecule has 0 aliphatic carbocycles. The maximum absolute atomic E-state index is 11.6. The number of rotatable bonds is 5. The summed E-state index contributed by atoms with van der Waals surface area (Å²) < 4.78 is 29.2. The van der Waals surface area contributed by atoms with E-state index in [9.17, 15) is 8.42 Å². The van der Waals surface area contributed by atoms with E-state index in [4.69, 9.17) is 4.74 Å². The molecule has 2 unspecified atom stereocenters. The molecule has 0 radical (unpaired) electrons. The van der Waals surface area contributed by atoms with Crippen molar-refractivity contribution in [2.75, 3.05) is 37.7 Å². The van der Waals surface area contributed by atoms with Gasteiger partial charge in [0, 0.05) is 25.7 Å². The number of nitrogens with zero attached hydrogens (tertiary/aromatic N) is 1. The summed E-state index contributed by atoms with van der Waals surface area (Å²) in [5.41, 5.74) is 0. The minimum atomic E-state index is -2.81. The van der Waals surface area contributed by atoms with Crippen molar-refractivity contribution in [2.24, 2.45) is 0 Å². The third kappa shape index (κ3) is 5.31. The molecule has 0 amide bonds. The van der Waals surface area contributed by atoms with Crippen molar-refractivity contribution in [1.82, 2.24) is 10.2 Å². The second-order valence-corrected chi connectivity index (χ2v) is 8.63. The quantitative estimate of drug-likeness (QED) is 0.808. The van der Waals surface area contributed by atoms with Crippen LogP contribution >= 0.6 is 0 Å². The summed E-state index contributed by atoms with van der Waals surface area (Å²) in [6.07, 6.45) is 3.55. The maximum Gasteiger partial charge on any atom is 0.151 e. The molecule has 0 bridgehead atoms. The molecule has 0 aromatic rings. The lowest BCUT2D eigenvalue weighted by atomic mass is 10.2. The van der Waals surface area contributed by atoms with Gasteiger partial charge in [0.25, 0.3) is 0 Å². The third-order valence-corrected chi connectivity index (χ3v) is 5.77. The molecule has 118 valence electrons. The number of ether oxygens (including phenoxy) is 1. The SMILES string of the molecule is CC(C)NCC1CCC(CN2CCCS(=O)(=O)CC2)O1. The van der Waals surface area contributed by atoms with E-state index in [1.165, 1.54) is 0 Å². The Morgan fingerprint density at radius 1 is 1.20 bits per heavy atom. The summed E-state index contributed by atoms with van der Waals surface area (Å²) >= 11 is 0. The first-order valence-electron chi connectivity index (χ1n) is 7.76. The Hall–Kier alpha value is -0.170.